The van der Waals surface area contributed by atoms with E-state index in [4.69, 9.17) is 47.4 Å². The molecule has 0 spiro atoms. The molecule has 8 aromatic rings. The Morgan fingerprint density at radius 3 is 1.23 bits per heavy atom. The van der Waals surface area contributed by atoms with Crippen LogP contribution in [0.4, 0.5) is 0 Å². The molecule has 4 heterocycles. The number of hydrogen-bond donors (Lipinski definition) is 2. The molecule has 20 nitrogen and oxygen atoms in total. The van der Waals surface area contributed by atoms with Crippen molar-refractivity contribution in [1.29, 1.82) is 0 Å². The molecule has 6 aromatic carbocycles. The Morgan fingerprint density at radius 2 is 0.852 bits per heavy atom. The first kappa shape index (κ1) is 64.0. The predicted octanol–water partition coefficient (Wildman–Crippen LogP) is 3.49. The third-order valence-corrected chi connectivity index (χ3v) is 15.5. The molecular formula is C66H56N2Na2O18. The van der Waals surface area contributed by atoms with Gasteiger partial charge in [-0.1, -0.05) is 50.2 Å². The number of aromatic nitrogens is 2. The zero-order valence-corrected chi connectivity index (χ0v) is 52.9. The molecule has 2 aliphatic carbocycles. The first-order valence-corrected chi connectivity index (χ1v) is 27.6. The fraction of sp³-hybridized carbons (Fsp3) is 0.242. The first-order valence-electron chi connectivity index (χ1n) is 27.6. The van der Waals surface area contributed by atoms with Crippen LogP contribution in [0.3, 0.4) is 0 Å². The van der Waals surface area contributed by atoms with Crippen LogP contribution >= 0.6 is 0 Å². The Balaban J connectivity index is 0.000000205. The largest absolute Gasteiger partial charge is 1.00 e. The SMILES string of the molecule is CCCOc1ccc2c(c1)C(c1ccc(OC)cc1Oc1cnccc1C(=O)O)C(C(=O)[O-])C2c1ccc2c(c1)OCO2.CCCOc1ccc2c(c1)C(c1ccc(OC)cc1Oc1cnccc1C(=O)O)C(C(=O)[O-])C2c1ccc2c(c1)OCO2.[Na+].[Na+]. The number of aliphatic carboxylic acids is 2. The summed E-state index contributed by atoms with van der Waals surface area (Å²) in [7, 11) is 2.99. The number of fused-ring (bicyclic) bond motifs is 4. The fourth-order valence-corrected chi connectivity index (χ4v) is 11.7. The van der Waals surface area contributed by atoms with E-state index >= 15 is 0 Å². The van der Waals surface area contributed by atoms with Crippen molar-refractivity contribution >= 4 is 23.9 Å². The number of benzene rings is 6. The minimum Gasteiger partial charge on any atom is -0.550 e. The quantitative estimate of drug-likeness (QED) is 0.103. The van der Waals surface area contributed by atoms with Crippen molar-refractivity contribution in [3.05, 3.63) is 202 Å². The summed E-state index contributed by atoms with van der Waals surface area (Å²) < 4.78 is 57.3. The van der Waals surface area contributed by atoms with E-state index in [1.165, 1.54) is 51.1 Å². The van der Waals surface area contributed by atoms with Gasteiger partial charge in [-0.2, -0.15) is 0 Å². The zero-order chi connectivity index (χ0) is 60.2. The number of carboxylic acids is 4. The average molecular weight is 1210 g/mol. The number of nitrogens with zero attached hydrogens (tertiary/aromatic N) is 2. The summed E-state index contributed by atoms with van der Waals surface area (Å²) in [4.78, 5) is 58.2. The number of pyridine rings is 2. The van der Waals surface area contributed by atoms with Crippen LogP contribution in [0.15, 0.2) is 146 Å². The number of hydrogen-bond acceptors (Lipinski definition) is 18. The van der Waals surface area contributed by atoms with Gasteiger partial charge in [-0.3, -0.25) is 9.97 Å². The number of ether oxygens (including phenoxy) is 10. The van der Waals surface area contributed by atoms with Gasteiger partial charge in [0.2, 0.25) is 13.6 Å². The van der Waals surface area contributed by atoms with E-state index in [0.29, 0.717) is 70.3 Å². The summed E-state index contributed by atoms with van der Waals surface area (Å²) >= 11 is 0. The molecule has 2 aliphatic heterocycles. The Morgan fingerprint density at radius 1 is 0.466 bits per heavy atom. The molecular weight excluding hydrogens is 1150 g/mol. The van der Waals surface area contributed by atoms with Crippen molar-refractivity contribution in [1.82, 2.24) is 9.97 Å². The topological polar surface area (TPSA) is 273 Å². The van der Waals surface area contributed by atoms with Gasteiger partial charge in [-0.15, -0.1) is 0 Å². The third kappa shape index (κ3) is 12.9. The standard InChI is InChI=1S/2C33H29NO9.2Na/c2*1-3-12-40-20-6-7-21-24(14-20)30(31(33(37)38)29(21)18-4-9-25-27(13-18)42-17-41-25)22-8-5-19(39-2)15-26(22)43-28-16-34-11-10-23(28)32(35)36;;/h2*4-11,13-16,29-31H,3,12,17H2,1-2H3,(H,35,36)(H,37,38);;/q;;2*+1/p-2. The fourth-order valence-electron chi connectivity index (χ4n) is 11.7. The minimum atomic E-state index is -1.26. The molecule has 0 radical (unpaired) electrons. The Labute approximate surface area is 549 Å². The van der Waals surface area contributed by atoms with Crippen LogP contribution in [-0.2, 0) is 9.59 Å². The molecule has 440 valence electrons. The van der Waals surface area contributed by atoms with Gasteiger partial charge in [0.05, 0.1) is 39.8 Å². The monoisotopic (exact) mass is 1210 g/mol. The van der Waals surface area contributed by atoms with Crippen molar-refractivity contribution in [3.8, 4) is 69.0 Å². The molecule has 0 fully saturated rings. The molecule has 88 heavy (non-hydrogen) atoms. The van der Waals surface area contributed by atoms with Crippen LogP contribution in [0, 0.1) is 11.8 Å². The molecule has 2 aromatic heterocycles. The van der Waals surface area contributed by atoms with E-state index in [1.807, 2.05) is 62.4 Å². The third-order valence-electron chi connectivity index (χ3n) is 15.5. The van der Waals surface area contributed by atoms with Gasteiger partial charge < -0.3 is 77.4 Å². The second kappa shape index (κ2) is 28.1. The number of aromatic carboxylic acids is 2. The number of methoxy groups -OCH3 is 2. The normalized spacial score (nSPS) is 17.7. The second-order valence-corrected chi connectivity index (χ2v) is 20.5. The maximum absolute atomic E-state index is 13.1. The van der Waals surface area contributed by atoms with E-state index in [-0.39, 0.29) is 107 Å². The molecule has 2 N–H and O–H groups in total. The predicted molar refractivity (Wildman–Crippen MR) is 302 cm³/mol. The molecule has 6 atom stereocenters. The molecule has 6 unspecified atom stereocenters. The van der Waals surface area contributed by atoms with Crippen LogP contribution in [0.1, 0.15) is 116 Å². The summed E-state index contributed by atoms with van der Waals surface area (Å²) in [6, 6.07) is 34.7. The first-order chi connectivity index (χ1) is 41.8. The summed E-state index contributed by atoms with van der Waals surface area (Å²) in [6.07, 6.45) is 6.92. The molecule has 0 saturated heterocycles. The summed E-state index contributed by atoms with van der Waals surface area (Å²) in [5.74, 6) is -4.99. The number of carboxylic acid groups (broad SMARTS) is 4. The van der Waals surface area contributed by atoms with Crippen LogP contribution in [-0.4, -0.2) is 85.1 Å². The molecule has 0 saturated carbocycles. The Hall–Kier alpha value is -8.50. The summed E-state index contributed by atoms with van der Waals surface area (Å²) in [6.45, 7) is 5.17. The van der Waals surface area contributed by atoms with Gasteiger partial charge in [0.1, 0.15) is 45.6 Å². The van der Waals surface area contributed by atoms with Crippen molar-refractivity contribution in [2.75, 3.05) is 41.0 Å². The van der Waals surface area contributed by atoms with Crippen molar-refractivity contribution in [2.24, 2.45) is 11.8 Å². The minimum absolute atomic E-state index is 0. The van der Waals surface area contributed by atoms with Crippen molar-refractivity contribution in [2.45, 2.75) is 50.4 Å². The van der Waals surface area contributed by atoms with Gasteiger partial charge in [0.15, 0.2) is 34.5 Å². The second-order valence-electron chi connectivity index (χ2n) is 20.5. The Kier molecular flexibility index (Phi) is 20.4. The van der Waals surface area contributed by atoms with Gasteiger partial charge in [-0.05, 0) is 119 Å². The van der Waals surface area contributed by atoms with Gasteiger partial charge in [0, 0.05) is 83.1 Å². The molecule has 12 rings (SSSR count). The average Bonchev–Trinajstić information content (AvgIpc) is 1.63. The molecule has 4 aliphatic rings. The van der Waals surface area contributed by atoms with Crippen LogP contribution in [0.25, 0.3) is 0 Å². The van der Waals surface area contributed by atoms with E-state index in [2.05, 4.69) is 9.97 Å². The van der Waals surface area contributed by atoms with Gasteiger partial charge in [-0.25, -0.2) is 9.59 Å². The molecule has 0 amide bonds. The molecule has 22 heteroatoms. The number of rotatable bonds is 20. The van der Waals surface area contributed by atoms with Crippen LogP contribution < -0.4 is 117 Å². The van der Waals surface area contributed by atoms with E-state index in [0.717, 1.165) is 46.2 Å². The van der Waals surface area contributed by atoms with Crippen LogP contribution in [0.5, 0.6) is 69.0 Å². The maximum atomic E-state index is 13.1. The summed E-state index contributed by atoms with van der Waals surface area (Å²) in [5.41, 5.74) is 5.30. The number of carbonyl (C=O) groups is 4. The van der Waals surface area contributed by atoms with Crippen LogP contribution in [0.2, 0.25) is 0 Å². The maximum Gasteiger partial charge on any atom is 1.00 e. The van der Waals surface area contributed by atoms with Gasteiger partial charge in [0.25, 0.3) is 0 Å². The van der Waals surface area contributed by atoms with Crippen molar-refractivity contribution < 1.29 is 146 Å². The van der Waals surface area contributed by atoms with Crippen molar-refractivity contribution in [3.63, 3.8) is 0 Å². The summed E-state index contributed by atoms with van der Waals surface area (Å²) in [5, 5.41) is 45.7. The zero-order valence-electron chi connectivity index (χ0n) is 48.9. The molecule has 0 bridgehead atoms. The van der Waals surface area contributed by atoms with E-state index in [1.54, 1.807) is 60.7 Å². The van der Waals surface area contributed by atoms with Gasteiger partial charge >= 0.3 is 71.1 Å². The van der Waals surface area contributed by atoms with E-state index in [9.17, 15) is 39.6 Å². The van der Waals surface area contributed by atoms with E-state index < -0.39 is 59.4 Å². The smallest absolute Gasteiger partial charge is 0.550 e. The Bertz CT molecular complexity index is 3670. The number of carbonyl (C=O) groups excluding carboxylic acids is 2.